The van der Waals surface area contributed by atoms with Crippen molar-refractivity contribution in [3.05, 3.63) is 67.1 Å². The Morgan fingerprint density at radius 2 is 1.90 bits per heavy atom. The predicted molar refractivity (Wildman–Crippen MR) is 109 cm³/mol. The molecule has 0 atom stereocenters. The Labute approximate surface area is 164 Å². The molecule has 0 bridgehead atoms. The van der Waals surface area contributed by atoms with Gasteiger partial charge in [-0.1, -0.05) is 24.3 Å². The van der Waals surface area contributed by atoms with Crippen LogP contribution in [0.4, 0.5) is 22.5 Å². The molecule has 0 radical (unpaired) electrons. The average molecular weight is 385 g/mol. The maximum Gasteiger partial charge on any atom is 0.419 e. The number of H-pyrrole nitrogens is 2. The molecule has 0 unspecified atom stereocenters. The first kappa shape index (κ1) is 16.8. The molecule has 9 nitrogen and oxygen atoms in total. The van der Waals surface area contributed by atoms with E-state index in [1.165, 1.54) is 6.20 Å². The fraction of sp³-hybridized carbons (Fsp3) is 0. The minimum Gasteiger partial charge on any atom is -0.410 e. The van der Waals surface area contributed by atoms with Crippen LogP contribution in [0.25, 0.3) is 21.8 Å². The summed E-state index contributed by atoms with van der Waals surface area (Å²) in [6.07, 6.45) is 4.30. The van der Waals surface area contributed by atoms with Crippen molar-refractivity contribution in [3.63, 3.8) is 0 Å². The number of imidazole rings is 2. The van der Waals surface area contributed by atoms with Gasteiger partial charge in [0.05, 0.1) is 11.0 Å². The second-order valence-electron chi connectivity index (χ2n) is 6.26. The van der Waals surface area contributed by atoms with Gasteiger partial charge in [-0.2, -0.15) is 0 Å². The van der Waals surface area contributed by atoms with Gasteiger partial charge in [0, 0.05) is 30.0 Å². The summed E-state index contributed by atoms with van der Waals surface area (Å²) in [4.78, 5) is 30.7. The highest BCUT2D eigenvalue weighted by Crippen LogP contribution is 2.23. The van der Waals surface area contributed by atoms with Crippen molar-refractivity contribution in [3.8, 4) is 5.75 Å². The summed E-state index contributed by atoms with van der Waals surface area (Å²) in [5.41, 5.74) is 1.45. The molecular formula is C20H15N7O2. The summed E-state index contributed by atoms with van der Waals surface area (Å²) in [6.45, 7) is 0. The number of nitrogens with one attached hydrogen (secondary N) is 4. The van der Waals surface area contributed by atoms with E-state index in [-0.39, 0.29) is 0 Å². The number of anilines is 3. The van der Waals surface area contributed by atoms with E-state index >= 15 is 0 Å². The van der Waals surface area contributed by atoms with Gasteiger partial charge in [0.2, 0.25) is 11.9 Å². The number of fused-ring (bicyclic) bond motifs is 2. The van der Waals surface area contributed by atoms with Crippen LogP contribution in [0.2, 0.25) is 0 Å². The minimum atomic E-state index is -0.641. The maximum atomic E-state index is 11.9. The van der Waals surface area contributed by atoms with Crippen LogP contribution < -0.4 is 15.4 Å². The van der Waals surface area contributed by atoms with Crippen molar-refractivity contribution in [2.24, 2.45) is 0 Å². The normalized spacial score (nSPS) is 10.9. The highest BCUT2D eigenvalue weighted by atomic mass is 16.6. The number of ether oxygens (including phenoxy) is 1. The van der Waals surface area contributed by atoms with Crippen molar-refractivity contribution >= 4 is 45.6 Å². The van der Waals surface area contributed by atoms with Crippen molar-refractivity contribution in [2.75, 3.05) is 10.6 Å². The van der Waals surface area contributed by atoms with E-state index in [0.29, 0.717) is 23.5 Å². The second kappa shape index (κ2) is 6.97. The molecule has 2 aromatic carbocycles. The van der Waals surface area contributed by atoms with Gasteiger partial charge in [-0.05, 0) is 23.6 Å². The van der Waals surface area contributed by atoms with Crippen LogP contribution >= 0.6 is 0 Å². The van der Waals surface area contributed by atoms with Crippen LogP contribution in [0, 0.1) is 0 Å². The van der Waals surface area contributed by atoms with Gasteiger partial charge in [0.1, 0.15) is 11.6 Å². The minimum absolute atomic E-state index is 0.312. The number of amides is 1. The number of hydrogen-bond acceptors (Lipinski definition) is 6. The van der Waals surface area contributed by atoms with Gasteiger partial charge < -0.3 is 20.0 Å². The lowest BCUT2D eigenvalue weighted by molar-refractivity contribution is 0.215. The Morgan fingerprint density at radius 1 is 1.00 bits per heavy atom. The third kappa shape index (κ3) is 3.56. The van der Waals surface area contributed by atoms with Crippen LogP contribution in [-0.2, 0) is 0 Å². The van der Waals surface area contributed by atoms with Gasteiger partial charge >= 0.3 is 6.09 Å². The fourth-order valence-corrected chi connectivity index (χ4v) is 2.95. The molecule has 0 aliphatic rings. The van der Waals surface area contributed by atoms with Crippen LogP contribution in [0.3, 0.4) is 0 Å². The van der Waals surface area contributed by atoms with Gasteiger partial charge in [0.25, 0.3) is 0 Å². The highest BCUT2D eigenvalue weighted by molar-refractivity contribution is 5.86. The van der Waals surface area contributed by atoms with Gasteiger partial charge in [0.15, 0.2) is 0 Å². The highest BCUT2D eigenvalue weighted by Gasteiger charge is 2.10. The topological polar surface area (TPSA) is 121 Å². The van der Waals surface area contributed by atoms with Crippen LogP contribution in [0.15, 0.2) is 67.1 Å². The number of nitrogens with zero attached hydrogens (tertiary/aromatic N) is 3. The molecule has 5 rings (SSSR count). The zero-order chi connectivity index (χ0) is 19.6. The first-order valence-electron chi connectivity index (χ1n) is 8.83. The molecule has 0 aliphatic heterocycles. The van der Waals surface area contributed by atoms with E-state index in [1.807, 2.05) is 36.5 Å². The van der Waals surface area contributed by atoms with E-state index in [9.17, 15) is 4.79 Å². The zero-order valence-corrected chi connectivity index (χ0v) is 15.0. The Morgan fingerprint density at radius 3 is 2.76 bits per heavy atom. The summed E-state index contributed by atoms with van der Waals surface area (Å²) in [6, 6.07) is 15.1. The molecule has 0 spiro atoms. The second-order valence-corrected chi connectivity index (χ2v) is 6.26. The lowest BCUT2D eigenvalue weighted by Crippen LogP contribution is -2.17. The van der Waals surface area contributed by atoms with E-state index in [2.05, 4.69) is 35.6 Å². The first-order valence-corrected chi connectivity index (χ1v) is 8.83. The Hall–Kier alpha value is -4.40. The van der Waals surface area contributed by atoms with Crippen LogP contribution in [0.5, 0.6) is 5.75 Å². The Kier molecular flexibility index (Phi) is 4.02. The van der Waals surface area contributed by atoms with Crippen LogP contribution in [0.1, 0.15) is 0 Å². The number of aromatic nitrogens is 5. The van der Waals surface area contributed by atoms with Crippen molar-refractivity contribution in [1.82, 2.24) is 24.9 Å². The van der Waals surface area contributed by atoms with Crippen molar-refractivity contribution in [2.45, 2.75) is 0 Å². The largest absolute Gasteiger partial charge is 0.419 e. The molecule has 5 aromatic rings. The smallest absolute Gasteiger partial charge is 0.410 e. The number of carbonyl (C=O) groups excluding carboxylic acids is 1. The Balaban J connectivity index is 1.33. The number of pyridine rings is 1. The number of hydrogen-bond donors (Lipinski definition) is 4. The van der Waals surface area contributed by atoms with Crippen molar-refractivity contribution in [1.29, 1.82) is 0 Å². The molecule has 29 heavy (non-hydrogen) atoms. The first-order chi connectivity index (χ1) is 14.2. The molecule has 4 N–H and O–H groups in total. The standard InChI is InChI=1S/C20H15N7O2/c28-20(27-18-21-7-8-22-18)29-14-5-6-15-16(10-14)25-19(24-15)26-17-9-12-3-1-2-4-13(12)11-23-17/h1-11H,(H2,21,22,27,28)(H2,23,24,25,26). The monoisotopic (exact) mass is 385 g/mol. The fourth-order valence-electron chi connectivity index (χ4n) is 2.95. The number of rotatable bonds is 4. The summed E-state index contributed by atoms with van der Waals surface area (Å²) >= 11 is 0. The lowest BCUT2D eigenvalue weighted by Gasteiger charge is -2.04. The van der Waals surface area contributed by atoms with Crippen molar-refractivity contribution < 1.29 is 9.53 Å². The predicted octanol–water partition coefficient (Wildman–Crippen LogP) is 4.19. The number of aromatic amines is 2. The van der Waals surface area contributed by atoms with Gasteiger partial charge in [-0.25, -0.2) is 19.7 Å². The Bertz CT molecular complexity index is 1310. The summed E-state index contributed by atoms with van der Waals surface area (Å²) in [7, 11) is 0. The molecule has 1 amide bonds. The molecule has 9 heteroatoms. The number of carbonyl (C=O) groups is 1. The molecule has 0 aliphatic carbocycles. The average Bonchev–Trinajstić information content (AvgIpc) is 3.36. The van der Waals surface area contributed by atoms with E-state index < -0.39 is 6.09 Å². The molecule has 3 heterocycles. The third-order valence-corrected chi connectivity index (χ3v) is 4.26. The van der Waals surface area contributed by atoms with Gasteiger partial charge in [-0.3, -0.25) is 5.32 Å². The molecular weight excluding hydrogens is 370 g/mol. The lowest BCUT2D eigenvalue weighted by atomic mass is 10.2. The molecule has 0 saturated heterocycles. The quantitative estimate of drug-likeness (QED) is 0.368. The number of benzene rings is 2. The summed E-state index contributed by atoms with van der Waals surface area (Å²) < 4.78 is 5.28. The molecule has 0 saturated carbocycles. The molecule has 142 valence electrons. The molecule has 0 fully saturated rings. The zero-order valence-electron chi connectivity index (χ0n) is 15.0. The van der Waals surface area contributed by atoms with Crippen LogP contribution in [-0.4, -0.2) is 31.0 Å². The third-order valence-electron chi connectivity index (χ3n) is 4.26. The van der Waals surface area contributed by atoms with Gasteiger partial charge in [-0.15, -0.1) is 0 Å². The van der Waals surface area contributed by atoms with E-state index in [1.54, 1.807) is 24.4 Å². The maximum absolute atomic E-state index is 11.9. The summed E-state index contributed by atoms with van der Waals surface area (Å²) in [5, 5.41) is 7.81. The van der Waals surface area contributed by atoms with E-state index in [4.69, 9.17) is 4.74 Å². The SMILES string of the molecule is O=C(Nc1ncc[nH]1)Oc1ccc2nc(Nc3cc4ccccc4cn3)[nH]c2c1. The molecule has 3 aromatic heterocycles. The van der Waals surface area contributed by atoms with E-state index in [0.717, 1.165) is 21.8 Å². The summed E-state index contributed by atoms with van der Waals surface area (Å²) in [5.74, 6) is 1.91.